The fourth-order valence-electron chi connectivity index (χ4n) is 6.87. The first-order valence-corrected chi connectivity index (χ1v) is 16.6. The number of nitrogens with zero attached hydrogens (tertiary/aromatic N) is 2. The van der Waals surface area contributed by atoms with Crippen molar-refractivity contribution in [3.63, 3.8) is 0 Å². The van der Waals surface area contributed by atoms with Crippen LogP contribution in [0.5, 0.6) is 0 Å². The Morgan fingerprint density at radius 2 is 1.08 bits per heavy atom. The smallest absolute Gasteiger partial charge is 0.0711 e. The molecule has 0 amide bonds. The molecular weight excluding hydrogens is 581 g/mol. The highest BCUT2D eigenvalue weighted by Crippen LogP contribution is 2.37. The van der Waals surface area contributed by atoms with Crippen LogP contribution in [-0.2, 0) is 0 Å². The lowest BCUT2D eigenvalue weighted by atomic mass is 9.98. The number of aryl methyl sites for hydroxylation is 4. The number of allylic oxidation sites excluding steroid dienone is 2. The first-order valence-electron chi connectivity index (χ1n) is 16.6. The molecular formula is C46H40N2. The molecule has 0 saturated carbocycles. The number of hydrogen-bond donors (Lipinski definition) is 0. The molecule has 7 aromatic rings. The Labute approximate surface area is 284 Å². The van der Waals surface area contributed by atoms with Crippen LogP contribution in [0, 0.1) is 27.7 Å². The summed E-state index contributed by atoms with van der Waals surface area (Å²) in [7, 11) is 0. The average Bonchev–Trinajstić information content (AvgIpc) is 3.41. The van der Waals surface area contributed by atoms with Crippen molar-refractivity contribution in [2.45, 2.75) is 34.6 Å². The second kappa shape index (κ2) is 12.8. The Hall–Kier alpha value is -5.73. The van der Waals surface area contributed by atoms with Gasteiger partial charge in [0, 0.05) is 27.7 Å². The van der Waals surface area contributed by atoms with Crippen molar-refractivity contribution in [2.24, 2.45) is 4.99 Å². The maximum absolute atomic E-state index is 5.34. The molecule has 0 aliphatic heterocycles. The van der Waals surface area contributed by atoms with Gasteiger partial charge in [0.05, 0.1) is 16.7 Å². The quantitative estimate of drug-likeness (QED) is 0.125. The lowest BCUT2D eigenvalue weighted by molar-refractivity contribution is 1.18. The first kappa shape index (κ1) is 30.9. The number of benzene rings is 6. The maximum atomic E-state index is 5.34. The maximum Gasteiger partial charge on any atom is 0.0711 e. The van der Waals surface area contributed by atoms with Crippen molar-refractivity contribution in [1.29, 1.82) is 0 Å². The molecule has 48 heavy (non-hydrogen) atoms. The van der Waals surface area contributed by atoms with E-state index in [9.17, 15) is 0 Å². The molecule has 0 N–H and O–H groups in total. The van der Waals surface area contributed by atoms with Gasteiger partial charge in [0.1, 0.15) is 0 Å². The number of aromatic nitrogens is 1. The number of hydrogen-bond acceptors (Lipinski definition) is 1. The average molecular weight is 621 g/mol. The van der Waals surface area contributed by atoms with Gasteiger partial charge < -0.3 is 4.57 Å². The van der Waals surface area contributed by atoms with E-state index in [4.69, 9.17) is 4.99 Å². The second-order valence-corrected chi connectivity index (χ2v) is 13.0. The number of para-hydroxylation sites is 1. The van der Waals surface area contributed by atoms with Crippen molar-refractivity contribution in [1.82, 2.24) is 4.57 Å². The van der Waals surface area contributed by atoms with Crippen LogP contribution in [0.4, 0.5) is 0 Å². The van der Waals surface area contributed by atoms with E-state index in [1.54, 1.807) is 0 Å². The molecule has 0 bridgehead atoms. The van der Waals surface area contributed by atoms with Gasteiger partial charge in [-0.25, -0.2) is 0 Å². The third-order valence-corrected chi connectivity index (χ3v) is 9.01. The van der Waals surface area contributed by atoms with Gasteiger partial charge >= 0.3 is 0 Å². The molecule has 7 rings (SSSR count). The molecule has 2 heteroatoms. The molecule has 1 aromatic heterocycles. The highest BCUT2D eigenvalue weighted by atomic mass is 15.0. The molecule has 0 fully saturated rings. The standard InChI is InChI=1S/C46H40N2/c1-30-21-31(2)24-39(23-30)34(5)27-44(47-35(6)40-25-32(3)22-33(4)26-40)38-18-20-46-43(29-38)42-28-37(36-13-9-7-10-14-36)17-19-45(42)48(46)41-15-11-8-12-16-41/h7-29H,5H2,1-4,6H3/b44-27-,47-35?. The van der Waals surface area contributed by atoms with Crippen LogP contribution in [0.1, 0.15) is 45.9 Å². The normalized spacial score (nSPS) is 12.2. The highest BCUT2D eigenvalue weighted by Gasteiger charge is 2.16. The predicted molar refractivity (Wildman–Crippen MR) is 207 cm³/mol. The molecule has 0 unspecified atom stereocenters. The van der Waals surface area contributed by atoms with E-state index in [1.807, 2.05) is 0 Å². The Morgan fingerprint density at radius 3 is 1.71 bits per heavy atom. The summed E-state index contributed by atoms with van der Waals surface area (Å²) in [5.41, 5.74) is 16.9. The van der Waals surface area contributed by atoms with E-state index in [-0.39, 0.29) is 0 Å². The van der Waals surface area contributed by atoms with Gasteiger partial charge in [-0.1, -0.05) is 126 Å². The van der Waals surface area contributed by atoms with Crippen LogP contribution in [-0.4, -0.2) is 10.3 Å². The molecule has 2 nitrogen and oxygen atoms in total. The Morgan fingerprint density at radius 1 is 0.542 bits per heavy atom. The van der Waals surface area contributed by atoms with E-state index in [0.29, 0.717) is 0 Å². The number of fused-ring (bicyclic) bond motifs is 3. The molecule has 6 aromatic carbocycles. The first-order chi connectivity index (χ1) is 23.2. The third-order valence-electron chi connectivity index (χ3n) is 9.01. The molecule has 0 radical (unpaired) electrons. The van der Waals surface area contributed by atoms with Crippen molar-refractivity contribution < 1.29 is 0 Å². The van der Waals surface area contributed by atoms with Crippen LogP contribution >= 0.6 is 0 Å². The highest BCUT2D eigenvalue weighted by molar-refractivity contribution is 6.12. The van der Waals surface area contributed by atoms with E-state index >= 15 is 0 Å². The summed E-state index contributed by atoms with van der Waals surface area (Å²) in [6.07, 6.45) is 2.15. The zero-order valence-corrected chi connectivity index (χ0v) is 28.4. The molecule has 0 spiro atoms. The zero-order valence-electron chi connectivity index (χ0n) is 28.4. The topological polar surface area (TPSA) is 17.3 Å². The predicted octanol–water partition coefficient (Wildman–Crippen LogP) is 12.2. The summed E-state index contributed by atoms with van der Waals surface area (Å²) in [4.78, 5) is 5.34. The summed E-state index contributed by atoms with van der Waals surface area (Å²) in [6.45, 7) is 15.2. The fourth-order valence-corrected chi connectivity index (χ4v) is 6.87. The number of rotatable bonds is 7. The van der Waals surface area contributed by atoms with E-state index in [2.05, 4.69) is 185 Å². The Balaban J connectivity index is 1.46. The SMILES string of the molecule is C=C(/C=C(\N=C(C)c1cc(C)cc(C)c1)c1ccc2c(c1)c1cc(-c3ccccc3)ccc1n2-c1ccccc1)c1cc(C)cc(C)c1. The van der Waals surface area contributed by atoms with Gasteiger partial charge in [-0.3, -0.25) is 4.99 Å². The monoisotopic (exact) mass is 620 g/mol. The van der Waals surface area contributed by atoms with Gasteiger partial charge in [0.25, 0.3) is 0 Å². The van der Waals surface area contributed by atoms with Gasteiger partial charge in [-0.05, 0) is 105 Å². The summed E-state index contributed by atoms with van der Waals surface area (Å²) in [5.74, 6) is 0. The lowest BCUT2D eigenvalue weighted by Crippen LogP contribution is -1.98. The summed E-state index contributed by atoms with van der Waals surface area (Å²) < 4.78 is 2.37. The molecule has 234 valence electrons. The van der Waals surface area contributed by atoms with Crippen molar-refractivity contribution in [3.8, 4) is 16.8 Å². The van der Waals surface area contributed by atoms with Crippen LogP contribution in [0.2, 0.25) is 0 Å². The summed E-state index contributed by atoms with van der Waals surface area (Å²) in [5, 5.41) is 2.39. The molecule has 0 aliphatic carbocycles. The van der Waals surface area contributed by atoms with Crippen LogP contribution in [0.15, 0.2) is 151 Å². The lowest BCUT2D eigenvalue weighted by Gasteiger charge is -2.11. The van der Waals surface area contributed by atoms with Crippen molar-refractivity contribution in [3.05, 3.63) is 185 Å². The van der Waals surface area contributed by atoms with Crippen LogP contribution in [0.3, 0.4) is 0 Å². The Bertz CT molecular complexity index is 2340. The Kier molecular flexibility index (Phi) is 8.25. The number of aliphatic imine (C=N–C) groups is 1. The van der Waals surface area contributed by atoms with Gasteiger partial charge in [-0.15, -0.1) is 0 Å². The molecule has 0 aliphatic rings. The summed E-state index contributed by atoms with van der Waals surface area (Å²) >= 11 is 0. The minimum atomic E-state index is 0.887. The molecule has 0 saturated heterocycles. The van der Waals surface area contributed by atoms with Crippen molar-refractivity contribution in [2.75, 3.05) is 0 Å². The third kappa shape index (κ3) is 6.18. The van der Waals surface area contributed by atoms with Gasteiger partial charge in [-0.2, -0.15) is 0 Å². The van der Waals surface area contributed by atoms with Gasteiger partial charge in [0.2, 0.25) is 0 Å². The second-order valence-electron chi connectivity index (χ2n) is 13.0. The molecule has 0 atom stereocenters. The van der Waals surface area contributed by atoms with E-state index in [0.717, 1.165) is 44.9 Å². The summed E-state index contributed by atoms with van der Waals surface area (Å²) in [6, 6.07) is 48.0. The van der Waals surface area contributed by atoms with E-state index < -0.39 is 0 Å². The van der Waals surface area contributed by atoms with Crippen LogP contribution in [0.25, 0.3) is 49.9 Å². The van der Waals surface area contributed by atoms with Crippen molar-refractivity contribution >= 4 is 38.8 Å². The molecule has 1 heterocycles. The minimum Gasteiger partial charge on any atom is -0.309 e. The van der Waals surface area contributed by atoms with E-state index in [1.165, 1.54) is 49.7 Å². The zero-order chi connectivity index (χ0) is 33.4. The minimum absolute atomic E-state index is 0.887. The fraction of sp³-hybridized carbons (Fsp3) is 0.109. The largest absolute Gasteiger partial charge is 0.309 e. The van der Waals surface area contributed by atoms with Gasteiger partial charge in [0.15, 0.2) is 0 Å². The van der Waals surface area contributed by atoms with Crippen LogP contribution < -0.4 is 0 Å².